The molecule has 0 amide bonds. The zero-order valence-corrected chi connectivity index (χ0v) is 6.39. The van der Waals surface area contributed by atoms with Crippen LogP contribution in [0.25, 0.3) is 0 Å². The molecule has 0 atom stereocenters. The Bertz CT molecular complexity index is 72.6. The molecule has 54 valence electrons. The summed E-state index contributed by atoms with van der Waals surface area (Å²) in [6, 6.07) is 0. The lowest BCUT2D eigenvalue weighted by Gasteiger charge is -2.11. The predicted octanol–water partition coefficient (Wildman–Crippen LogP) is 2.35. The van der Waals surface area contributed by atoms with Crippen molar-refractivity contribution in [1.82, 2.24) is 0 Å². The monoisotopic (exact) mass is 128 g/mol. The van der Waals surface area contributed by atoms with Gasteiger partial charge in [-0.05, 0) is 25.7 Å². The van der Waals surface area contributed by atoms with Gasteiger partial charge in [-0.1, -0.05) is 13.8 Å². The molecule has 0 N–H and O–H groups in total. The minimum Gasteiger partial charge on any atom is -0.375 e. The quantitative estimate of drug-likeness (QED) is 0.564. The second kappa shape index (κ2) is 3.21. The standard InChI is InChI=1S/C8H16O/c1-3-7(4-2)9-8-5-6-8/h7-8H,3-6H2,1-2H3. The highest BCUT2D eigenvalue weighted by atomic mass is 16.5. The summed E-state index contributed by atoms with van der Waals surface area (Å²) in [6.07, 6.45) is 6.12. The molecule has 0 spiro atoms. The van der Waals surface area contributed by atoms with Crippen molar-refractivity contribution in [2.75, 3.05) is 0 Å². The van der Waals surface area contributed by atoms with Crippen molar-refractivity contribution in [3.05, 3.63) is 0 Å². The van der Waals surface area contributed by atoms with Crippen LogP contribution < -0.4 is 0 Å². The van der Waals surface area contributed by atoms with E-state index in [1.54, 1.807) is 0 Å². The van der Waals surface area contributed by atoms with E-state index in [4.69, 9.17) is 4.74 Å². The zero-order valence-electron chi connectivity index (χ0n) is 6.39. The first-order chi connectivity index (χ1) is 4.36. The first-order valence-corrected chi connectivity index (χ1v) is 4.02. The molecule has 0 aromatic carbocycles. The number of hydrogen-bond acceptors (Lipinski definition) is 1. The topological polar surface area (TPSA) is 9.23 Å². The Hall–Kier alpha value is -0.0400. The molecule has 0 unspecified atom stereocenters. The van der Waals surface area contributed by atoms with E-state index in [0.29, 0.717) is 12.2 Å². The Labute approximate surface area is 57.4 Å². The molecule has 0 aromatic heterocycles. The van der Waals surface area contributed by atoms with Gasteiger partial charge >= 0.3 is 0 Å². The first-order valence-electron chi connectivity index (χ1n) is 4.02. The highest BCUT2D eigenvalue weighted by Gasteiger charge is 2.24. The molecule has 1 aliphatic rings. The SMILES string of the molecule is CCC(CC)OC1CC1. The lowest BCUT2D eigenvalue weighted by atomic mass is 10.2. The van der Waals surface area contributed by atoms with Crippen LogP contribution in [0.15, 0.2) is 0 Å². The summed E-state index contributed by atoms with van der Waals surface area (Å²) in [5.41, 5.74) is 0. The van der Waals surface area contributed by atoms with Gasteiger partial charge in [-0.2, -0.15) is 0 Å². The Kier molecular flexibility index (Phi) is 2.52. The van der Waals surface area contributed by atoms with Crippen molar-refractivity contribution in [3.63, 3.8) is 0 Å². The fourth-order valence-electron chi connectivity index (χ4n) is 0.957. The molecule has 1 heteroatoms. The maximum Gasteiger partial charge on any atom is 0.0580 e. The molecule has 1 saturated carbocycles. The molecular formula is C8H16O. The van der Waals surface area contributed by atoms with Crippen molar-refractivity contribution >= 4 is 0 Å². The van der Waals surface area contributed by atoms with Crippen LogP contribution in [0.5, 0.6) is 0 Å². The number of rotatable bonds is 4. The van der Waals surface area contributed by atoms with Crippen molar-refractivity contribution in [2.45, 2.75) is 51.7 Å². The van der Waals surface area contributed by atoms with Gasteiger partial charge in [-0.3, -0.25) is 0 Å². The molecule has 0 radical (unpaired) electrons. The normalized spacial score (nSPS) is 19.0. The average Bonchev–Trinajstić information content (AvgIpc) is 2.66. The smallest absolute Gasteiger partial charge is 0.0580 e. The largest absolute Gasteiger partial charge is 0.375 e. The molecule has 0 heterocycles. The first kappa shape index (κ1) is 7.07. The zero-order chi connectivity index (χ0) is 6.69. The Morgan fingerprint density at radius 1 is 1.33 bits per heavy atom. The molecule has 0 aromatic rings. The summed E-state index contributed by atoms with van der Waals surface area (Å²) >= 11 is 0. The van der Waals surface area contributed by atoms with E-state index in [-0.39, 0.29) is 0 Å². The van der Waals surface area contributed by atoms with E-state index < -0.39 is 0 Å². The summed E-state index contributed by atoms with van der Waals surface area (Å²) < 4.78 is 5.66. The molecular weight excluding hydrogens is 112 g/mol. The van der Waals surface area contributed by atoms with Gasteiger partial charge in [0.2, 0.25) is 0 Å². The van der Waals surface area contributed by atoms with Crippen LogP contribution in [0.3, 0.4) is 0 Å². The van der Waals surface area contributed by atoms with E-state index in [1.807, 2.05) is 0 Å². The lowest BCUT2D eigenvalue weighted by Crippen LogP contribution is -2.11. The molecule has 0 bridgehead atoms. The molecule has 9 heavy (non-hydrogen) atoms. The molecule has 0 aliphatic heterocycles. The summed E-state index contributed by atoms with van der Waals surface area (Å²) in [6.45, 7) is 4.38. The van der Waals surface area contributed by atoms with Gasteiger partial charge in [0.1, 0.15) is 0 Å². The second-order valence-electron chi connectivity index (χ2n) is 2.77. The minimum absolute atomic E-state index is 0.539. The van der Waals surface area contributed by atoms with Crippen molar-refractivity contribution < 1.29 is 4.74 Å². The Balaban J connectivity index is 2.05. The second-order valence-corrected chi connectivity index (χ2v) is 2.77. The van der Waals surface area contributed by atoms with Crippen LogP contribution >= 0.6 is 0 Å². The fraction of sp³-hybridized carbons (Fsp3) is 1.00. The van der Waals surface area contributed by atoms with E-state index in [0.717, 1.165) is 0 Å². The van der Waals surface area contributed by atoms with Crippen LogP contribution in [0.4, 0.5) is 0 Å². The van der Waals surface area contributed by atoms with E-state index in [2.05, 4.69) is 13.8 Å². The summed E-state index contributed by atoms with van der Waals surface area (Å²) in [5.74, 6) is 0. The van der Waals surface area contributed by atoms with E-state index >= 15 is 0 Å². The van der Waals surface area contributed by atoms with Gasteiger partial charge in [-0.25, -0.2) is 0 Å². The molecule has 1 rings (SSSR count). The maximum atomic E-state index is 5.66. The van der Waals surface area contributed by atoms with Crippen LogP contribution in [0, 0.1) is 0 Å². The Morgan fingerprint density at radius 3 is 2.22 bits per heavy atom. The van der Waals surface area contributed by atoms with Crippen molar-refractivity contribution in [3.8, 4) is 0 Å². The van der Waals surface area contributed by atoms with Crippen molar-refractivity contribution in [2.24, 2.45) is 0 Å². The summed E-state index contributed by atoms with van der Waals surface area (Å²) in [7, 11) is 0. The van der Waals surface area contributed by atoms with Gasteiger partial charge in [0.25, 0.3) is 0 Å². The highest BCUT2D eigenvalue weighted by Crippen LogP contribution is 2.26. The highest BCUT2D eigenvalue weighted by molar-refractivity contribution is 4.74. The van der Waals surface area contributed by atoms with Gasteiger partial charge in [0, 0.05) is 0 Å². The molecule has 1 aliphatic carbocycles. The maximum absolute atomic E-state index is 5.66. The van der Waals surface area contributed by atoms with Gasteiger partial charge in [0.15, 0.2) is 0 Å². The fourth-order valence-corrected chi connectivity index (χ4v) is 0.957. The summed E-state index contributed by atoms with van der Waals surface area (Å²) in [4.78, 5) is 0. The Morgan fingerprint density at radius 2 is 1.89 bits per heavy atom. The molecule has 1 fully saturated rings. The van der Waals surface area contributed by atoms with Gasteiger partial charge < -0.3 is 4.74 Å². The third-order valence-electron chi connectivity index (χ3n) is 1.82. The number of ether oxygens (including phenoxy) is 1. The summed E-state index contributed by atoms with van der Waals surface area (Å²) in [5, 5.41) is 0. The third-order valence-corrected chi connectivity index (χ3v) is 1.82. The van der Waals surface area contributed by atoms with Crippen LogP contribution in [-0.4, -0.2) is 12.2 Å². The average molecular weight is 128 g/mol. The predicted molar refractivity (Wildman–Crippen MR) is 38.5 cm³/mol. The van der Waals surface area contributed by atoms with Crippen molar-refractivity contribution in [1.29, 1.82) is 0 Å². The molecule has 1 nitrogen and oxygen atoms in total. The molecule has 0 saturated heterocycles. The van der Waals surface area contributed by atoms with E-state index in [1.165, 1.54) is 25.7 Å². The number of hydrogen-bond donors (Lipinski definition) is 0. The van der Waals surface area contributed by atoms with Crippen LogP contribution in [-0.2, 0) is 4.74 Å². The van der Waals surface area contributed by atoms with Gasteiger partial charge in [-0.15, -0.1) is 0 Å². The van der Waals surface area contributed by atoms with Gasteiger partial charge in [0.05, 0.1) is 12.2 Å². The third kappa shape index (κ3) is 2.35. The van der Waals surface area contributed by atoms with Crippen LogP contribution in [0.2, 0.25) is 0 Å². The van der Waals surface area contributed by atoms with Crippen LogP contribution in [0.1, 0.15) is 39.5 Å². The van der Waals surface area contributed by atoms with E-state index in [9.17, 15) is 0 Å². The minimum atomic E-state index is 0.539. The lowest BCUT2D eigenvalue weighted by molar-refractivity contribution is 0.0353.